The standard InChI is InChI=1S/C23H20N6O/c1-16(15-24)26-13-12-17(2)30-20-10-8-19(9-11-20)27-22-14-21(28-23(25)29-22)18-6-4-3-5-7-18/h3-14H,1H2,2H3,(H3,25,27,28,29)/b17-12+,26-13?. The van der Waals surface area contributed by atoms with Gasteiger partial charge in [0.15, 0.2) is 0 Å². The van der Waals surface area contributed by atoms with Crippen molar-refractivity contribution >= 4 is 23.7 Å². The molecule has 0 spiro atoms. The molecule has 7 heteroatoms. The van der Waals surface area contributed by atoms with Crippen LogP contribution in [-0.4, -0.2) is 16.2 Å². The Hall–Kier alpha value is -4.44. The molecule has 3 N–H and O–H groups in total. The molecule has 30 heavy (non-hydrogen) atoms. The van der Waals surface area contributed by atoms with E-state index < -0.39 is 0 Å². The number of ether oxygens (including phenoxy) is 1. The van der Waals surface area contributed by atoms with E-state index in [1.807, 2.05) is 66.7 Å². The number of hydrogen-bond acceptors (Lipinski definition) is 7. The van der Waals surface area contributed by atoms with Crippen LogP contribution in [0.2, 0.25) is 0 Å². The first-order valence-electron chi connectivity index (χ1n) is 9.08. The molecular weight excluding hydrogens is 376 g/mol. The van der Waals surface area contributed by atoms with E-state index >= 15 is 0 Å². The number of nitrogens with two attached hydrogens (primary N) is 1. The van der Waals surface area contributed by atoms with Gasteiger partial charge in [-0.3, -0.25) is 0 Å². The van der Waals surface area contributed by atoms with Crippen LogP contribution >= 0.6 is 0 Å². The van der Waals surface area contributed by atoms with Gasteiger partial charge in [-0.15, -0.1) is 0 Å². The minimum absolute atomic E-state index is 0.134. The third-order valence-corrected chi connectivity index (χ3v) is 3.89. The molecule has 0 amide bonds. The van der Waals surface area contributed by atoms with Crippen LogP contribution in [-0.2, 0) is 0 Å². The highest BCUT2D eigenvalue weighted by Crippen LogP contribution is 2.24. The number of nitrogen functional groups attached to an aromatic ring is 1. The van der Waals surface area contributed by atoms with Gasteiger partial charge in [-0.2, -0.15) is 10.2 Å². The molecular formula is C23H20N6O. The van der Waals surface area contributed by atoms with Crippen molar-refractivity contribution in [3.8, 4) is 23.1 Å². The van der Waals surface area contributed by atoms with Gasteiger partial charge in [-0.05, 0) is 37.3 Å². The molecule has 0 saturated heterocycles. The number of aromatic nitrogens is 2. The zero-order valence-electron chi connectivity index (χ0n) is 16.4. The van der Waals surface area contributed by atoms with E-state index in [1.165, 1.54) is 6.21 Å². The first kappa shape index (κ1) is 20.3. The Labute approximate surface area is 174 Å². The fraction of sp³-hybridized carbons (Fsp3) is 0.0435. The molecule has 1 aromatic heterocycles. The number of allylic oxidation sites excluding steroid dienone is 3. The van der Waals surface area contributed by atoms with Crippen LogP contribution in [0.25, 0.3) is 11.3 Å². The Morgan fingerprint density at radius 2 is 1.90 bits per heavy atom. The summed E-state index contributed by atoms with van der Waals surface area (Å²) in [6, 6.07) is 20.9. The number of anilines is 3. The van der Waals surface area contributed by atoms with Crippen molar-refractivity contribution in [1.82, 2.24) is 9.97 Å². The van der Waals surface area contributed by atoms with Crippen LogP contribution in [0.5, 0.6) is 5.75 Å². The Kier molecular flexibility index (Phi) is 6.54. The Morgan fingerprint density at radius 3 is 2.60 bits per heavy atom. The Balaban J connectivity index is 1.68. The number of nitrogens with zero attached hydrogens (tertiary/aromatic N) is 4. The molecule has 7 nitrogen and oxygen atoms in total. The van der Waals surface area contributed by atoms with Crippen LogP contribution in [0.3, 0.4) is 0 Å². The number of rotatable bonds is 7. The largest absolute Gasteiger partial charge is 0.462 e. The predicted molar refractivity (Wildman–Crippen MR) is 119 cm³/mol. The minimum atomic E-state index is 0.134. The molecule has 3 rings (SSSR count). The van der Waals surface area contributed by atoms with E-state index in [4.69, 9.17) is 15.7 Å². The predicted octanol–water partition coefficient (Wildman–Crippen LogP) is 4.86. The summed E-state index contributed by atoms with van der Waals surface area (Å²) >= 11 is 0. The van der Waals surface area contributed by atoms with Gasteiger partial charge in [0.2, 0.25) is 5.95 Å². The summed E-state index contributed by atoms with van der Waals surface area (Å²) in [5, 5.41) is 11.8. The maximum atomic E-state index is 8.62. The molecule has 0 saturated carbocycles. The lowest BCUT2D eigenvalue weighted by Crippen LogP contribution is -2.01. The van der Waals surface area contributed by atoms with Gasteiger partial charge in [0, 0.05) is 23.5 Å². The molecule has 0 fully saturated rings. The number of aliphatic imine (C=N–C) groups is 1. The summed E-state index contributed by atoms with van der Waals surface area (Å²) in [5.74, 6) is 2.08. The first-order chi connectivity index (χ1) is 14.5. The normalized spacial score (nSPS) is 11.1. The molecule has 0 atom stereocenters. The van der Waals surface area contributed by atoms with Crippen molar-refractivity contribution in [3.63, 3.8) is 0 Å². The monoisotopic (exact) mass is 396 g/mol. The third kappa shape index (κ3) is 5.78. The van der Waals surface area contributed by atoms with Crippen molar-refractivity contribution < 1.29 is 4.74 Å². The highest BCUT2D eigenvalue weighted by Gasteiger charge is 2.05. The fourth-order valence-corrected chi connectivity index (χ4v) is 2.52. The second-order valence-corrected chi connectivity index (χ2v) is 6.23. The summed E-state index contributed by atoms with van der Waals surface area (Å²) in [4.78, 5) is 12.4. The fourth-order valence-electron chi connectivity index (χ4n) is 2.52. The Morgan fingerprint density at radius 1 is 1.17 bits per heavy atom. The van der Waals surface area contributed by atoms with Crippen molar-refractivity contribution in [2.45, 2.75) is 6.92 Å². The molecule has 0 radical (unpaired) electrons. The van der Waals surface area contributed by atoms with Crippen LogP contribution < -0.4 is 15.8 Å². The lowest BCUT2D eigenvalue weighted by atomic mass is 10.1. The van der Waals surface area contributed by atoms with E-state index in [1.54, 1.807) is 13.0 Å². The number of hydrogen-bond donors (Lipinski definition) is 2. The van der Waals surface area contributed by atoms with E-state index in [0.29, 0.717) is 17.3 Å². The van der Waals surface area contributed by atoms with Gasteiger partial charge in [-0.25, -0.2) is 9.98 Å². The SMILES string of the molecule is C=C(C#N)N=C/C=C(\C)Oc1ccc(Nc2cc(-c3ccccc3)nc(N)n2)cc1. The van der Waals surface area contributed by atoms with E-state index in [0.717, 1.165) is 16.9 Å². The zero-order chi connectivity index (χ0) is 21.3. The molecule has 0 aliphatic rings. The molecule has 1 heterocycles. The van der Waals surface area contributed by atoms with Gasteiger partial charge in [0.05, 0.1) is 5.69 Å². The Bertz CT molecular complexity index is 1130. The summed E-state index contributed by atoms with van der Waals surface area (Å²) < 4.78 is 5.71. The highest BCUT2D eigenvalue weighted by atomic mass is 16.5. The summed E-state index contributed by atoms with van der Waals surface area (Å²) in [7, 11) is 0. The van der Waals surface area contributed by atoms with Crippen molar-refractivity contribution in [1.29, 1.82) is 5.26 Å². The van der Waals surface area contributed by atoms with Gasteiger partial charge in [0.25, 0.3) is 0 Å². The van der Waals surface area contributed by atoms with Crippen LogP contribution in [0.4, 0.5) is 17.5 Å². The van der Waals surface area contributed by atoms with E-state index in [2.05, 4.69) is 26.9 Å². The number of nitrogens with one attached hydrogen (secondary N) is 1. The van der Waals surface area contributed by atoms with Gasteiger partial charge < -0.3 is 15.8 Å². The molecule has 2 aromatic carbocycles. The quantitative estimate of drug-likeness (QED) is 0.335. The topological polar surface area (TPSA) is 109 Å². The first-order valence-corrected chi connectivity index (χ1v) is 9.08. The average Bonchev–Trinajstić information content (AvgIpc) is 2.75. The highest BCUT2D eigenvalue weighted by molar-refractivity contribution is 5.73. The van der Waals surface area contributed by atoms with Crippen molar-refractivity contribution in [2.75, 3.05) is 11.1 Å². The van der Waals surface area contributed by atoms with Crippen LogP contribution in [0, 0.1) is 11.3 Å². The second kappa shape index (κ2) is 9.66. The molecule has 0 aliphatic carbocycles. The third-order valence-electron chi connectivity index (χ3n) is 3.89. The van der Waals surface area contributed by atoms with Crippen molar-refractivity contribution in [3.05, 3.63) is 84.8 Å². The van der Waals surface area contributed by atoms with Gasteiger partial charge in [-0.1, -0.05) is 36.9 Å². The van der Waals surface area contributed by atoms with Gasteiger partial charge >= 0.3 is 0 Å². The molecule has 0 unspecified atom stereocenters. The van der Waals surface area contributed by atoms with Gasteiger partial charge in [0.1, 0.15) is 29.1 Å². The summed E-state index contributed by atoms with van der Waals surface area (Å²) in [5.41, 5.74) is 8.54. The lowest BCUT2D eigenvalue weighted by molar-refractivity contribution is 0.429. The summed E-state index contributed by atoms with van der Waals surface area (Å²) in [6.45, 7) is 5.27. The number of nitriles is 1. The van der Waals surface area contributed by atoms with E-state index in [9.17, 15) is 0 Å². The maximum absolute atomic E-state index is 8.62. The maximum Gasteiger partial charge on any atom is 0.222 e. The van der Waals surface area contributed by atoms with Crippen LogP contribution in [0.15, 0.2) is 89.8 Å². The van der Waals surface area contributed by atoms with Crippen molar-refractivity contribution in [2.24, 2.45) is 4.99 Å². The molecule has 3 aromatic rings. The molecule has 0 aliphatic heterocycles. The lowest BCUT2D eigenvalue weighted by Gasteiger charge is -2.10. The molecule has 0 bridgehead atoms. The second-order valence-electron chi connectivity index (χ2n) is 6.23. The average molecular weight is 396 g/mol. The smallest absolute Gasteiger partial charge is 0.222 e. The zero-order valence-corrected chi connectivity index (χ0v) is 16.4. The summed E-state index contributed by atoms with van der Waals surface area (Å²) in [6.07, 6.45) is 3.13. The van der Waals surface area contributed by atoms with Crippen LogP contribution in [0.1, 0.15) is 6.92 Å². The minimum Gasteiger partial charge on any atom is -0.462 e. The molecule has 148 valence electrons. The number of benzene rings is 2. The van der Waals surface area contributed by atoms with E-state index in [-0.39, 0.29) is 11.6 Å².